The molecule has 0 aliphatic rings. The number of rotatable bonds is 6. The van der Waals surface area contributed by atoms with Crippen molar-refractivity contribution in [1.82, 2.24) is 15.0 Å². The van der Waals surface area contributed by atoms with Gasteiger partial charge in [0.1, 0.15) is 0 Å². The van der Waals surface area contributed by atoms with Gasteiger partial charge in [0.15, 0.2) is 5.69 Å². The number of hydrogen-bond acceptors (Lipinski definition) is 4. The molecule has 3 rings (SSSR count). The average molecular weight is 322 g/mol. The Bertz CT molecular complexity index is 815. The fraction of sp³-hybridized carbons (Fsp3) is 0.167. The van der Waals surface area contributed by atoms with Crippen LogP contribution in [-0.2, 0) is 17.9 Å². The smallest absolute Gasteiger partial charge is 0.277 e. The molecule has 0 bridgehead atoms. The molecule has 1 heterocycles. The number of nitrogens with zero attached hydrogens (tertiary/aromatic N) is 3. The lowest BCUT2D eigenvalue weighted by Gasteiger charge is -2.05. The Kier molecular flexibility index (Phi) is 4.98. The van der Waals surface area contributed by atoms with Crippen LogP contribution in [0.3, 0.4) is 0 Å². The van der Waals surface area contributed by atoms with Crippen molar-refractivity contribution >= 4 is 11.6 Å². The number of ether oxygens (including phenoxy) is 1. The van der Waals surface area contributed by atoms with Gasteiger partial charge in [-0.05, 0) is 23.3 Å². The second-order valence-electron chi connectivity index (χ2n) is 5.37. The molecule has 0 aliphatic carbocycles. The summed E-state index contributed by atoms with van der Waals surface area (Å²) < 4.78 is 6.74. The van der Waals surface area contributed by atoms with Crippen molar-refractivity contribution in [2.45, 2.75) is 13.2 Å². The van der Waals surface area contributed by atoms with E-state index in [1.165, 1.54) is 0 Å². The van der Waals surface area contributed by atoms with Gasteiger partial charge in [-0.25, -0.2) is 4.68 Å². The van der Waals surface area contributed by atoms with Gasteiger partial charge in [0, 0.05) is 12.8 Å². The minimum Gasteiger partial charge on any atom is -0.380 e. The average Bonchev–Trinajstić information content (AvgIpc) is 3.05. The van der Waals surface area contributed by atoms with E-state index in [1.807, 2.05) is 54.6 Å². The van der Waals surface area contributed by atoms with Crippen molar-refractivity contribution < 1.29 is 9.53 Å². The van der Waals surface area contributed by atoms with Crippen molar-refractivity contribution in [2.24, 2.45) is 0 Å². The molecule has 122 valence electrons. The number of anilines is 1. The van der Waals surface area contributed by atoms with Crippen LogP contribution < -0.4 is 5.32 Å². The highest BCUT2D eigenvalue weighted by molar-refractivity contribution is 6.02. The van der Waals surface area contributed by atoms with Gasteiger partial charge >= 0.3 is 0 Å². The standard InChI is InChI=1S/C18H18N4O2/c1-24-13-15-8-5-9-16(10-15)19-18(23)17-12-22(21-20-17)11-14-6-3-2-4-7-14/h2-10,12H,11,13H2,1H3,(H,19,23). The molecule has 3 aromatic rings. The van der Waals surface area contributed by atoms with E-state index < -0.39 is 0 Å². The highest BCUT2D eigenvalue weighted by Crippen LogP contribution is 2.12. The molecule has 1 aromatic heterocycles. The third-order valence-electron chi connectivity index (χ3n) is 3.45. The van der Waals surface area contributed by atoms with Gasteiger partial charge < -0.3 is 10.1 Å². The number of benzene rings is 2. The van der Waals surface area contributed by atoms with Crippen LogP contribution in [0.15, 0.2) is 60.8 Å². The third kappa shape index (κ3) is 4.05. The largest absolute Gasteiger partial charge is 0.380 e. The van der Waals surface area contributed by atoms with Crippen LogP contribution in [0.4, 0.5) is 5.69 Å². The first-order valence-electron chi connectivity index (χ1n) is 7.58. The number of hydrogen-bond donors (Lipinski definition) is 1. The van der Waals surface area contributed by atoms with Crippen LogP contribution in [0.25, 0.3) is 0 Å². The number of amides is 1. The van der Waals surface area contributed by atoms with Crippen LogP contribution in [-0.4, -0.2) is 28.0 Å². The highest BCUT2D eigenvalue weighted by Gasteiger charge is 2.11. The molecule has 0 unspecified atom stereocenters. The molecule has 0 atom stereocenters. The van der Waals surface area contributed by atoms with Crippen LogP contribution in [0.5, 0.6) is 0 Å². The maximum Gasteiger partial charge on any atom is 0.277 e. The second kappa shape index (κ2) is 7.52. The summed E-state index contributed by atoms with van der Waals surface area (Å²) in [7, 11) is 1.64. The molecule has 6 nitrogen and oxygen atoms in total. The van der Waals surface area contributed by atoms with Gasteiger partial charge in [0.25, 0.3) is 5.91 Å². The molecule has 0 aliphatic heterocycles. The number of aromatic nitrogens is 3. The summed E-state index contributed by atoms with van der Waals surface area (Å²) in [5, 5.41) is 10.8. The van der Waals surface area contributed by atoms with Gasteiger partial charge in [-0.1, -0.05) is 47.7 Å². The minimum absolute atomic E-state index is 0.281. The van der Waals surface area contributed by atoms with Crippen molar-refractivity contribution in [3.8, 4) is 0 Å². The molecular weight excluding hydrogens is 304 g/mol. The lowest BCUT2D eigenvalue weighted by Crippen LogP contribution is -2.12. The summed E-state index contributed by atoms with van der Waals surface area (Å²) in [6.07, 6.45) is 1.64. The minimum atomic E-state index is -0.288. The first-order chi connectivity index (χ1) is 11.7. The SMILES string of the molecule is COCc1cccc(NC(=O)c2cn(Cc3ccccc3)nn2)c1. The molecule has 0 radical (unpaired) electrons. The summed E-state index contributed by atoms with van der Waals surface area (Å²) in [5.74, 6) is -0.288. The summed E-state index contributed by atoms with van der Waals surface area (Å²) in [6, 6.07) is 17.4. The van der Waals surface area contributed by atoms with Crippen molar-refractivity contribution in [3.05, 3.63) is 77.6 Å². The van der Waals surface area contributed by atoms with E-state index in [-0.39, 0.29) is 11.6 Å². The quantitative estimate of drug-likeness (QED) is 0.757. The van der Waals surface area contributed by atoms with Crippen LogP contribution in [0.2, 0.25) is 0 Å². The van der Waals surface area contributed by atoms with E-state index in [4.69, 9.17) is 4.74 Å². The molecule has 6 heteroatoms. The van der Waals surface area contributed by atoms with E-state index >= 15 is 0 Å². The maximum atomic E-state index is 12.3. The van der Waals surface area contributed by atoms with E-state index in [2.05, 4.69) is 15.6 Å². The number of carbonyl (C=O) groups excluding carboxylic acids is 1. The Hall–Kier alpha value is -2.99. The van der Waals surface area contributed by atoms with Crippen molar-refractivity contribution in [1.29, 1.82) is 0 Å². The van der Waals surface area contributed by atoms with Gasteiger partial charge in [-0.15, -0.1) is 5.10 Å². The monoisotopic (exact) mass is 322 g/mol. The molecular formula is C18H18N4O2. The Balaban J connectivity index is 1.66. The zero-order chi connectivity index (χ0) is 16.8. The summed E-state index contributed by atoms with van der Waals surface area (Å²) in [4.78, 5) is 12.3. The molecule has 2 aromatic carbocycles. The zero-order valence-electron chi connectivity index (χ0n) is 13.3. The fourth-order valence-corrected chi connectivity index (χ4v) is 2.35. The third-order valence-corrected chi connectivity index (χ3v) is 3.45. The highest BCUT2D eigenvalue weighted by atomic mass is 16.5. The molecule has 0 saturated heterocycles. The maximum absolute atomic E-state index is 12.3. The Morgan fingerprint density at radius 1 is 1.12 bits per heavy atom. The zero-order valence-corrected chi connectivity index (χ0v) is 13.3. The van der Waals surface area contributed by atoms with E-state index in [9.17, 15) is 4.79 Å². The lowest BCUT2D eigenvalue weighted by molar-refractivity contribution is 0.102. The molecule has 0 saturated carbocycles. The number of methoxy groups -OCH3 is 1. The molecule has 0 fully saturated rings. The van der Waals surface area contributed by atoms with Crippen molar-refractivity contribution in [3.63, 3.8) is 0 Å². The Morgan fingerprint density at radius 2 is 1.92 bits per heavy atom. The molecule has 24 heavy (non-hydrogen) atoms. The molecule has 1 amide bonds. The van der Waals surface area contributed by atoms with Crippen LogP contribution in [0.1, 0.15) is 21.6 Å². The van der Waals surface area contributed by atoms with Crippen molar-refractivity contribution in [2.75, 3.05) is 12.4 Å². The van der Waals surface area contributed by atoms with Gasteiger partial charge in [0.05, 0.1) is 19.3 Å². The Labute approximate surface area is 140 Å². The van der Waals surface area contributed by atoms with E-state index in [0.29, 0.717) is 18.8 Å². The summed E-state index contributed by atoms with van der Waals surface area (Å²) >= 11 is 0. The van der Waals surface area contributed by atoms with Crippen LogP contribution >= 0.6 is 0 Å². The molecule has 1 N–H and O–H groups in total. The first kappa shape index (κ1) is 15.9. The topological polar surface area (TPSA) is 69.0 Å². The van der Waals surface area contributed by atoms with Gasteiger partial charge in [0.2, 0.25) is 0 Å². The van der Waals surface area contributed by atoms with E-state index in [1.54, 1.807) is 18.0 Å². The predicted molar refractivity (Wildman–Crippen MR) is 90.7 cm³/mol. The normalized spacial score (nSPS) is 10.5. The Morgan fingerprint density at radius 3 is 2.71 bits per heavy atom. The van der Waals surface area contributed by atoms with Gasteiger partial charge in [-0.3, -0.25) is 4.79 Å². The van der Waals surface area contributed by atoms with Gasteiger partial charge in [-0.2, -0.15) is 0 Å². The lowest BCUT2D eigenvalue weighted by atomic mass is 10.2. The first-order valence-corrected chi connectivity index (χ1v) is 7.58. The molecule has 0 spiro atoms. The summed E-state index contributed by atoms with van der Waals surface area (Å²) in [5.41, 5.74) is 3.07. The number of carbonyl (C=O) groups is 1. The fourth-order valence-electron chi connectivity index (χ4n) is 2.35. The summed E-state index contributed by atoms with van der Waals surface area (Å²) in [6.45, 7) is 1.07. The predicted octanol–water partition coefficient (Wildman–Crippen LogP) is 2.73. The number of nitrogens with one attached hydrogen (secondary N) is 1. The second-order valence-corrected chi connectivity index (χ2v) is 5.37. The van der Waals surface area contributed by atoms with E-state index in [0.717, 1.165) is 11.1 Å². The van der Waals surface area contributed by atoms with Crippen LogP contribution in [0, 0.1) is 0 Å².